The largest absolute Gasteiger partial charge is 0.371 e. The number of rotatable bonds is 6. The van der Waals surface area contributed by atoms with E-state index in [0.29, 0.717) is 27.7 Å². The minimum Gasteiger partial charge on any atom is -0.371 e. The highest BCUT2D eigenvalue weighted by Gasteiger charge is 2.21. The molecule has 0 aliphatic carbocycles. The molecule has 0 unspecified atom stereocenters. The van der Waals surface area contributed by atoms with Crippen LogP contribution in [0.25, 0.3) is 10.6 Å². The Hall–Kier alpha value is -3.00. The summed E-state index contributed by atoms with van der Waals surface area (Å²) in [5, 5.41) is 7.80. The molecular weight excluding hydrogens is 410 g/mol. The fourth-order valence-corrected chi connectivity index (χ4v) is 5.08. The Labute approximate surface area is 185 Å². The molecule has 0 spiro atoms. The number of aromatic nitrogens is 3. The smallest absolute Gasteiger partial charge is 0.277 e. The lowest BCUT2D eigenvalue weighted by atomic mass is 10.1. The van der Waals surface area contributed by atoms with Gasteiger partial charge in [0.2, 0.25) is 0 Å². The highest BCUT2D eigenvalue weighted by atomic mass is 32.1. The monoisotopic (exact) mass is 437 g/mol. The van der Waals surface area contributed by atoms with Crippen molar-refractivity contribution in [2.24, 2.45) is 7.05 Å². The van der Waals surface area contributed by atoms with E-state index in [4.69, 9.17) is 0 Å². The van der Waals surface area contributed by atoms with Crippen LogP contribution in [0.15, 0.2) is 29.1 Å². The number of anilines is 1. The van der Waals surface area contributed by atoms with E-state index < -0.39 is 0 Å². The lowest BCUT2D eigenvalue weighted by Crippen LogP contribution is -2.29. The summed E-state index contributed by atoms with van der Waals surface area (Å²) in [6.07, 6.45) is 1.95. The fraction of sp³-hybridized carbons (Fsp3) is 0.391. The third kappa shape index (κ3) is 4.12. The van der Waals surface area contributed by atoms with Crippen LogP contribution in [0.2, 0.25) is 0 Å². The van der Waals surface area contributed by atoms with Crippen molar-refractivity contribution in [3.63, 3.8) is 0 Å². The summed E-state index contributed by atoms with van der Waals surface area (Å²) in [6, 6.07) is 8.50. The van der Waals surface area contributed by atoms with Gasteiger partial charge in [0.1, 0.15) is 9.88 Å². The number of fused-ring (bicyclic) bond motifs is 1. The number of para-hydroxylation sites is 1. The van der Waals surface area contributed by atoms with Crippen LogP contribution in [0.5, 0.6) is 0 Å². The summed E-state index contributed by atoms with van der Waals surface area (Å²) in [4.78, 5) is 32.8. The molecular formula is C23H27N5O2S. The number of amides is 1. The molecule has 0 fully saturated rings. The van der Waals surface area contributed by atoms with Crippen molar-refractivity contribution in [3.8, 4) is 10.6 Å². The standard InChI is InChI=1S/C23H27N5O2S/c1-14-15(2)26-27(4)23(30)19(14)22-25-16(3)20(31-22)21(29)24-11-7-12-28-13-10-17-8-5-6-9-18(17)28/h5-6,8-9H,7,10-13H2,1-4H3,(H,24,29). The first-order valence-electron chi connectivity index (χ1n) is 10.5. The highest BCUT2D eigenvalue weighted by Crippen LogP contribution is 2.29. The predicted octanol–water partition coefficient (Wildman–Crippen LogP) is 3.01. The topological polar surface area (TPSA) is 80.1 Å². The third-order valence-electron chi connectivity index (χ3n) is 5.82. The van der Waals surface area contributed by atoms with Gasteiger partial charge in [0.05, 0.1) is 17.0 Å². The van der Waals surface area contributed by atoms with Crippen molar-refractivity contribution in [1.29, 1.82) is 0 Å². The Kier molecular flexibility index (Phi) is 5.91. The van der Waals surface area contributed by atoms with Gasteiger partial charge in [0, 0.05) is 32.4 Å². The first-order valence-corrected chi connectivity index (χ1v) is 11.3. The van der Waals surface area contributed by atoms with Crippen LogP contribution in [0, 0.1) is 20.8 Å². The first-order chi connectivity index (χ1) is 14.9. The Bertz CT molecular complexity index is 1200. The fourth-order valence-electron chi connectivity index (χ4n) is 4.01. The van der Waals surface area contributed by atoms with Crippen molar-refractivity contribution >= 4 is 22.9 Å². The second-order valence-corrected chi connectivity index (χ2v) is 8.92. The minimum atomic E-state index is -0.199. The minimum absolute atomic E-state index is 0.136. The second kappa shape index (κ2) is 8.63. The van der Waals surface area contributed by atoms with Crippen LogP contribution in [-0.2, 0) is 13.5 Å². The van der Waals surface area contributed by atoms with Crippen LogP contribution in [-0.4, -0.2) is 40.3 Å². The van der Waals surface area contributed by atoms with Gasteiger partial charge in [-0.3, -0.25) is 9.59 Å². The van der Waals surface area contributed by atoms with Crippen molar-refractivity contribution in [2.45, 2.75) is 33.6 Å². The molecule has 0 bridgehead atoms. The molecule has 7 nitrogen and oxygen atoms in total. The Morgan fingerprint density at radius 1 is 1.19 bits per heavy atom. The van der Waals surface area contributed by atoms with Gasteiger partial charge in [-0.1, -0.05) is 18.2 Å². The van der Waals surface area contributed by atoms with Gasteiger partial charge in [-0.05, 0) is 50.8 Å². The van der Waals surface area contributed by atoms with Gasteiger partial charge in [0.25, 0.3) is 11.5 Å². The molecule has 0 radical (unpaired) electrons. The average Bonchev–Trinajstić information content (AvgIpc) is 3.33. The van der Waals surface area contributed by atoms with E-state index in [0.717, 1.165) is 37.2 Å². The van der Waals surface area contributed by atoms with E-state index in [-0.39, 0.29) is 11.5 Å². The molecule has 3 heterocycles. The maximum Gasteiger partial charge on any atom is 0.277 e. The van der Waals surface area contributed by atoms with Crippen LogP contribution in [0.3, 0.4) is 0 Å². The van der Waals surface area contributed by atoms with Crippen molar-refractivity contribution in [1.82, 2.24) is 20.1 Å². The molecule has 1 amide bonds. The number of nitrogens with one attached hydrogen (secondary N) is 1. The summed E-state index contributed by atoms with van der Waals surface area (Å²) in [5.74, 6) is -0.136. The second-order valence-electron chi connectivity index (χ2n) is 7.92. The van der Waals surface area contributed by atoms with Gasteiger partial charge in [-0.15, -0.1) is 11.3 Å². The molecule has 8 heteroatoms. The number of benzene rings is 1. The van der Waals surface area contributed by atoms with Gasteiger partial charge in [0.15, 0.2) is 0 Å². The van der Waals surface area contributed by atoms with Crippen molar-refractivity contribution in [2.75, 3.05) is 24.5 Å². The number of hydrogen-bond acceptors (Lipinski definition) is 6. The summed E-state index contributed by atoms with van der Waals surface area (Å²) in [7, 11) is 1.63. The molecule has 31 heavy (non-hydrogen) atoms. The predicted molar refractivity (Wildman–Crippen MR) is 124 cm³/mol. The molecule has 1 aliphatic heterocycles. The molecule has 1 N–H and O–H groups in total. The Balaban J connectivity index is 1.41. The summed E-state index contributed by atoms with van der Waals surface area (Å²) in [5.41, 5.74) is 5.24. The summed E-state index contributed by atoms with van der Waals surface area (Å²) < 4.78 is 1.32. The Morgan fingerprint density at radius 2 is 1.97 bits per heavy atom. The molecule has 0 saturated heterocycles. The first kappa shape index (κ1) is 21.2. The van der Waals surface area contributed by atoms with Crippen molar-refractivity contribution < 1.29 is 4.79 Å². The van der Waals surface area contributed by atoms with Crippen LogP contribution in [0.4, 0.5) is 5.69 Å². The van der Waals surface area contributed by atoms with E-state index in [1.807, 2.05) is 20.8 Å². The number of hydrogen-bond donors (Lipinski definition) is 1. The van der Waals surface area contributed by atoms with Gasteiger partial charge in [-0.2, -0.15) is 5.10 Å². The van der Waals surface area contributed by atoms with E-state index in [2.05, 4.69) is 44.6 Å². The molecule has 1 aliphatic rings. The van der Waals surface area contributed by atoms with Crippen LogP contribution < -0.4 is 15.8 Å². The van der Waals surface area contributed by atoms with E-state index in [1.165, 1.54) is 27.3 Å². The number of nitrogens with zero attached hydrogens (tertiary/aromatic N) is 4. The zero-order valence-corrected chi connectivity index (χ0v) is 19.2. The van der Waals surface area contributed by atoms with E-state index in [9.17, 15) is 9.59 Å². The normalized spacial score (nSPS) is 12.8. The third-order valence-corrected chi connectivity index (χ3v) is 6.99. The molecule has 0 atom stereocenters. The van der Waals surface area contributed by atoms with Crippen molar-refractivity contribution in [3.05, 3.63) is 62.0 Å². The Morgan fingerprint density at radius 3 is 2.77 bits per heavy atom. The van der Waals surface area contributed by atoms with Crippen LogP contribution >= 0.6 is 11.3 Å². The molecule has 4 rings (SSSR count). The molecule has 0 saturated carbocycles. The summed E-state index contributed by atoms with van der Waals surface area (Å²) >= 11 is 1.27. The van der Waals surface area contributed by atoms with E-state index in [1.54, 1.807) is 7.05 Å². The van der Waals surface area contributed by atoms with Gasteiger partial charge < -0.3 is 10.2 Å². The lowest BCUT2D eigenvalue weighted by molar-refractivity contribution is 0.0956. The molecule has 162 valence electrons. The average molecular weight is 438 g/mol. The van der Waals surface area contributed by atoms with Crippen LogP contribution in [0.1, 0.15) is 38.6 Å². The number of carbonyl (C=O) groups is 1. The summed E-state index contributed by atoms with van der Waals surface area (Å²) in [6.45, 7) is 8.08. The molecule has 3 aromatic rings. The maximum atomic E-state index is 12.8. The maximum absolute atomic E-state index is 12.8. The molecule has 2 aromatic heterocycles. The zero-order valence-electron chi connectivity index (χ0n) is 18.4. The van der Waals surface area contributed by atoms with Gasteiger partial charge >= 0.3 is 0 Å². The van der Waals surface area contributed by atoms with Gasteiger partial charge in [-0.25, -0.2) is 9.67 Å². The molecule has 1 aromatic carbocycles. The number of aryl methyl sites for hydroxylation is 3. The lowest BCUT2D eigenvalue weighted by Gasteiger charge is -2.19. The zero-order chi connectivity index (χ0) is 22.1. The highest BCUT2D eigenvalue weighted by molar-refractivity contribution is 7.17. The SMILES string of the molecule is Cc1nc(-c2c(C)c(C)nn(C)c2=O)sc1C(=O)NCCCN1CCc2ccccc21. The number of thiazole rings is 1. The van der Waals surface area contributed by atoms with E-state index >= 15 is 0 Å². The number of carbonyl (C=O) groups excluding carboxylic acids is 1. The quantitative estimate of drug-likeness (QED) is 0.600.